The van der Waals surface area contributed by atoms with E-state index in [0.29, 0.717) is 0 Å². The highest BCUT2D eigenvalue weighted by molar-refractivity contribution is 7.78. The summed E-state index contributed by atoms with van der Waals surface area (Å²) in [5.74, 6) is 0. The predicted octanol–water partition coefficient (Wildman–Crippen LogP) is 1.83. The average Bonchev–Trinajstić information content (AvgIpc) is 1.87. The fourth-order valence-corrected chi connectivity index (χ4v) is 0.781. The Bertz CT molecular complexity index is 144. The van der Waals surface area contributed by atoms with Crippen LogP contribution in [0.15, 0.2) is 18.5 Å². The molecule has 7 heavy (non-hydrogen) atoms. The molecular formula is C4H4ClNS. The summed E-state index contributed by atoms with van der Waals surface area (Å²) in [6.07, 6.45) is 3.48. The largest absolute Gasteiger partial charge is 0.300 e. The molecule has 0 atom stereocenters. The predicted molar refractivity (Wildman–Crippen MR) is 33.8 cm³/mol. The van der Waals surface area contributed by atoms with Crippen LogP contribution in [0.25, 0.3) is 0 Å². The maximum atomic E-state index is 5.49. The minimum atomic E-state index is 0.718. The molecular weight excluding hydrogens is 130 g/mol. The molecule has 0 saturated carbocycles. The Labute approximate surface area is 52.4 Å². The second kappa shape index (κ2) is 1.80. The van der Waals surface area contributed by atoms with E-state index in [1.165, 1.54) is 0 Å². The number of thiol groups is 1. The van der Waals surface area contributed by atoms with Crippen LogP contribution in [0.4, 0.5) is 0 Å². The van der Waals surface area contributed by atoms with Crippen molar-refractivity contribution in [3.63, 3.8) is 0 Å². The van der Waals surface area contributed by atoms with E-state index >= 15 is 0 Å². The van der Waals surface area contributed by atoms with E-state index in [-0.39, 0.29) is 0 Å². The van der Waals surface area contributed by atoms with Crippen molar-refractivity contribution in [2.75, 3.05) is 0 Å². The van der Waals surface area contributed by atoms with Gasteiger partial charge >= 0.3 is 0 Å². The van der Waals surface area contributed by atoms with E-state index in [4.69, 9.17) is 11.6 Å². The zero-order valence-corrected chi connectivity index (χ0v) is 5.15. The molecule has 1 nitrogen and oxygen atoms in total. The lowest BCUT2D eigenvalue weighted by molar-refractivity contribution is 1.31. The summed E-state index contributed by atoms with van der Waals surface area (Å²) in [5.41, 5.74) is 0. The summed E-state index contributed by atoms with van der Waals surface area (Å²) in [6.45, 7) is 0. The minimum absolute atomic E-state index is 0.718. The van der Waals surface area contributed by atoms with Crippen molar-refractivity contribution in [1.82, 2.24) is 3.97 Å². The summed E-state index contributed by atoms with van der Waals surface area (Å²) >= 11 is 9.43. The molecule has 0 amide bonds. The van der Waals surface area contributed by atoms with Crippen LogP contribution in [-0.2, 0) is 0 Å². The molecule has 0 aromatic carbocycles. The Morgan fingerprint density at radius 1 is 1.71 bits per heavy atom. The highest BCUT2D eigenvalue weighted by Gasteiger charge is 1.83. The molecule has 0 unspecified atom stereocenters. The maximum absolute atomic E-state index is 5.49. The monoisotopic (exact) mass is 133 g/mol. The minimum Gasteiger partial charge on any atom is -0.300 e. The lowest BCUT2D eigenvalue weighted by atomic mass is 10.7. The number of rotatable bonds is 0. The van der Waals surface area contributed by atoms with Gasteiger partial charge in [-0.3, -0.25) is 0 Å². The van der Waals surface area contributed by atoms with Crippen LogP contribution < -0.4 is 0 Å². The van der Waals surface area contributed by atoms with Gasteiger partial charge < -0.3 is 3.97 Å². The molecule has 1 aromatic heterocycles. The van der Waals surface area contributed by atoms with Crippen LogP contribution in [0.5, 0.6) is 0 Å². The zero-order valence-electron chi connectivity index (χ0n) is 3.50. The molecule has 0 aliphatic heterocycles. The molecule has 1 aromatic rings. The smallest absolute Gasteiger partial charge is 0.0592 e. The highest BCUT2D eigenvalue weighted by atomic mass is 35.5. The van der Waals surface area contributed by atoms with Gasteiger partial charge in [0.1, 0.15) is 0 Å². The summed E-state index contributed by atoms with van der Waals surface area (Å²) in [5, 5.41) is 0.718. The summed E-state index contributed by atoms with van der Waals surface area (Å²) in [6, 6.07) is 1.77. The van der Waals surface area contributed by atoms with Crippen molar-refractivity contribution in [3.8, 4) is 0 Å². The van der Waals surface area contributed by atoms with Gasteiger partial charge in [0.25, 0.3) is 0 Å². The summed E-state index contributed by atoms with van der Waals surface area (Å²) in [7, 11) is 0. The van der Waals surface area contributed by atoms with Gasteiger partial charge in [-0.2, -0.15) is 0 Å². The number of halogens is 1. The molecule has 0 aliphatic rings. The van der Waals surface area contributed by atoms with E-state index < -0.39 is 0 Å². The molecule has 0 N–H and O–H groups in total. The summed E-state index contributed by atoms with van der Waals surface area (Å²) < 4.78 is 1.60. The van der Waals surface area contributed by atoms with E-state index in [2.05, 4.69) is 12.8 Å². The maximum Gasteiger partial charge on any atom is 0.0592 e. The van der Waals surface area contributed by atoms with Crippen molar-refractivity contribution in [2.45, 2.75) is 0 Å². The first-order chi connectivity index (χ1) is 3.29. The van der Waals surface area contributed by atoms with Crippen LogP contribution in [-0.4, -0.2) is 3.97 Å². The van der Waals surface area contributed by atoms with Gasteiger partial charge in [0.05, 0.1) is 5.02 Å². The fourth-order valence-electron chi connectivity index (χ4n) is 0.360. The molecule has 0 saturated heterocycles. The Hall–Kier alpha value is -0.0800. The van der Waals surface area contributed by atoms with Crippen molar-refractivity contribution in [1.29, 1.82) is 0 Å². The van der Waals surface area contributed by atoms with Crippen molar-refractivity contribution in [3.05, 3.63) is 23.5 Å². The number of aromatic nitrogens is 1. The Morgan fingerprint density at radius 2 is 2.43 bits per heavy atom. The number of nitrogens with zero attached hydrogens (tertiary/aromatic N) is 1. The van der Waals surface area contributed by atoms with E-state index in [9.17, 15) is 0 Å². The molecule has 0 bridgehead atoms. The van der Waals surface area contributed by atoms with Gasteiger partial charge in [-0.05, 0) is 6.07 Å². The molecule has 0 radical (unpaired) electrons. The van der Waals surface area contributed by atoms with Gasteiger partial charge in [0.15, 0.2) is 0 Å². The average molecular weight is 134 g/mol. The third-order valence-corrected chi connectivity index (χ3v) is 1.11. The topological polar surface area (TPSA) is 4.93 Å². The van der Waals surface area contributed by atoms with Crippen LogP contribution >= 0.6 is 24.4 Å². The third-order valence-electron chi connectivity index (χ3n) is 0.642. The first-order valence-corrected chi connectivity index (χ1v) is 2.59. The van der Waals surface area contributed by atoms with E-state index in [0.717, 1.165) is 5.02 Å². The molecule has 38 valence electrons. The summed E-state index contributed by atoms with van der Waals surface area (Å²) in [4.78, 5) is 0. The normalized spacial score (nSPS) is 9.43. The molecule has 3 heteroatoms. The fraction of sp³-hybridized carbons (Fsp3) is 0. The number of hydrogen-bond acceptors (Lipinski definition) is 1. The molecule has 0 fully saturated rings. The van der Waals surface area contributed by atoms with Crippen molar-refractivity contribution in [2.24, 2.45) is 0 Å². The SMILES string of the molecule is Sn1ccc(Cl)c1. The van der Waals surface area contributed by atoms with Gasteiger partial charge in [-0.1, -0.05) is 24.4 Å². The second-order valence-corrected chi connectivity index (χ2v) is 2.11. The Kier molecular flexibility index (Phi) is 1.30. The van der Waals surface area contributed by atoms with Crippen LogP contribution in [0, 0.1) is 0 Å². The van der Waals surface area contributed by atoms with Crippen LogP contribution in [0.1, 0.15) is 0 Å². The Morgan fingerprint density at radius 3 is 2.57 bits per heavy atom. The molecule has 1 rings (SSSR count). The lowest BCUT2D eigenvalue weighted by Crippen LogP contribution is -1.64. The zero-order chi connectivity index (χ0) is 5.28. The first-order valence-electron chi connectivity index (χ1n) is 1.82. The molecule has 0 spiro atoms. The molecule has 0 aliphatic carbocycles. The highest BCUT2D eigenvalue weighted by Crippen LogP contribution is 2.07. The quantitative estimate of drug-likeness (QED) is 0.516. The first kappa shape index (κ1) is 5.06. The van der Waals surface area contributed by atoms with Gasteiger partial charge in [0, 0.05) is 12.4 Å². The second-order valence-electron chi connectivity index (χ2n) is 1.21. The van der Waals surface area contributed by atoms with Gasteiger partial charge in [-0.15, -0.1) is 0 Å². The van der Waals surface area contributed by atoms with Gasteiger partial charge in [0.2, 0.25) is 0 Å². The van der Waals surface area contributed by atoms with E-state index in [1.54, 1.807) is 22.4 Å². The standard InChI is InChI=1S/C4H4ClNS/c5-4-1-2-6(7)3-4/h1-3,7H. The van der Waals surface area contributed by atoms with Gasteiger partial charge in [-0.25, -0.2) is 0 Å². The van der Waals surface area contributed by atoms with Crippen LogP contribution in [0.3, 0.4) is 0 Å². The van der Waals surface area contributed by atoms with E-state index in [1.807, 2.05) is 0 Å². The van der Waals surface area contributed by atoms with Crippen molar-refractivity contribution < 1.29 is 0 Å². The lowest BCUT2D eigenvalue weighted by Gasteiger charge is -1.78. The van der Waals surface area contributed by atoms with Crippen molar-refractivity contribution >= 4 is 24.4 Å². The Balaban J connectivity index is 3.04. The van der Waals surface area contributed by atoms with Crippen LogP contribution in [0.2, 0.25) is 5.02 Å². The number of hydrogen-bond donors (Lipinski definition) is 1. The third kappa shape index (κ3) is 1.14. The molecule has 1 heterocycles.